The third-order valence-electron chi connectivity index (χ3n) is 9.67. The zero-order valence-electron chi connectivity index (χ0n) is 29.0. The third-order valence-corrected chi connectivity index (χ3v) is 11.8. The van der Waals surface area contributed by atoms with E-state index >= 15 is 0 Å². The van der Waals surface area contributed by atoms with E-state index < -0.39 is 10.0 Å². The molecule has 6 heterocycles. The quantitative estimate of drug-likeness (QED) is 0.206. The van der Waals surface area contributed by atoms with Crippen LogP contribution in [0.4, 0.5) is 34.6 Å². The number of thiophene rings is 1. The lowest BCUT2D eigenvalue weighted by Gasteiger charge is -2.42. The van der Waals surface area contributed by atoms with Crippen molar-refractivity contribution in [3.63, 3.8) is 0 Å². The van der Waals surface area contributed by atoms with E-state index in [1.165, 1.54) is 22.7 Å². The van der Waals surface area contributed by atoms with Crippen LogP contribution in [0.15, 0.2) is 42.0 Å². The Hall–Kier alpha value is -4.38. The Morgan fingerprint density at radius 2 is 1.72 bits per heavy atom. The molecule has 264 valence electrons. The van der Waals surface area contributed by atoms with Gasteiger partial charge in [-0.1, -0.05) is 6.92 Å². The predicted octanol–water partition coefficient (Wildman–Crippen LogP) is 4.70. The summed E-state index contributed by atoms with van der Waals surface area (Å²) in [6, 6.07) is 8.22. The molecule has 7 rings (SSSR count). The molecule has 0 unspecified atom stereocenters. The van der Waals surface area contributed by atoms with Gasteiger partial charge in [0.15, 0.2) is 5.82 Å². The summed E-state index contributed by atoms with van der Waals surface area (Å²) >= 11 is 1.49. The SMILES string of the molecule is CCc1cc(Nc2nc(Nc3ccc4nccnc4c3N(C)S(C)(=O)=O)c3sccc3n2)c(OC)nc1N1CCC(N2CCN(C)CC2)CC1. The number of piperidine rings is 1. The van der Waals surface area contributed by atoms with Gasteiger partial charge < -0.3 is 25.2 Å². The molecule has 14 nitrogen and oxygen atoms in total. The number of sulfonamides is 1. The van der Waals surface area contributed by atoms with Gasteiger partial charge in [0.25, 0.3) is 0 Å². The maximum atomic E-state index is 12.7. The molecule has 0 atom stereocenters. The van der Waals surface area contributed by atoms with Crippen LogP contribution < -0.4 is 24.6 Å². The number of aryl methyl sites for hydroxylation is 1. The van der Waals surface area contributed by atoms with Crippen molar-refractivity contribution in [3.05, 3.63) is 47.6 Å². The molecule has 2 fully saturated rings. The van der Waals surface area contributed by atoms with Gasteiger partial charge in [-0.2, -0.15) is 9.97 Å². The largest absolute Gasteiger partial charge is 0.479 e. The number of pyridine rings is 1. The molecule has 4 aromatic heterocycles. The van der Waals surface area contributed by atoms with Crippen molar-refractivity contribution in [2.24, 2.45) is 0 Å². The van der Waals surface area contributed by atoms with Gasteiger partial charge in [-0.25, -0.2) is 13.4 Å². The smallest absolute Gasteiger partial charge is 0.239 e. The summed E-state index contributed by atoms with van der Waals surface area (Å²) < 4.78 is 33.3. The lowest BCUT2D eigenvalue weighted by molar-refractivity contribution is 0.0981. The van der Waals surface area contributed by atoms with E-state index in [0.29, 0.717) is 51.8 Å². The molecule has 0 spiro atoms. The fourth-order valence-corrected chi connectivity index (χ4v) is 8.09. The average molecular weight is 718 g/mol. The van der Waals surface area contributed by atoms with E-state index in [4.69, 9.17) is 19.7 Å². The molecular formula is C34H43N11O3S2. The number of aromatic nitrogens is 5. The van der Waals surface area contributed by atoms with Gasteiger partial charge in [-0.3, -0.25) is 19.2 Å². The molecule has 0 bridgehead atoms. The Kier molecular flexibility index (Phi) is 9.61. The van der Waals surface area contributed by atoms with Crippen LogP contribution in [0.25, 0.3) is 21.3 Å². The predicted molar refractivity (Wildman–Crippen MR) is 201 cm³/mol. The van der Waals surface area contributed by atoms with E-state index in [9.17, 15) is 8.42 Å². The van der Waals surface area contributed by atoms with Crippen molar-refractivity contribution in [2.45, 2.75) is 32.2 Å². The second-order valence-corrected chi connectivity index (χ2v) is 15.8. The van der Waals surface area contributed by atoms with E-state index in [0.717, 1.165) is 86.4 Å². The highest BCUT2D eigenvalue weighted by atomic mass is 32.2. The standard InChI is InChI=1S/C34H43N11O3S2/c1-6-22-21-27(33(48-4)41-32(22)45-14-9-23(10-15-45)44-18-16-42(2)17-19-44)39-34-38-26-11-20-49-30(26)31(40-34)37-25-8-7-24-28(36-13-12-35-24)29(25)43(3)50(5,46)47/h7-8,11-13,20-21,23H,6,9-10,14-19H2,1-5H3,(H2,37,38,39,40). The van der Waals surface area contributed by atoms with Crippen molar-refractivity contribution in [2.75, 3.05) is 86.6 Å². The van der Waals surface area contributed by atoms with Crippen LogP contribution >= 0.6 is 11.3 Å². The normalized spacial score (nSPS) is 16.6. The Morgan fingerprint density at radius 1 is 0.960 bits per heavy atom. The Labute approximate surface area is 296 Å². The monoisotopic (exact) mass is 717 g/mol. The van der Waals surface area contributed by atoms with E-state index in [1.54, 1.807) is 31.6 Å². The average Bonchev–Trinajstić information content (AvgIpc) is 3.60. The van der Waals surface area contributed by atoms with Crippen molar-refractivity contribution >= 4 is 77.3 Å². The highest BCUT2D eigenvalue weighted by molar-refractivity contribution is 7.92. The van der Waals surface area contributed by atoms with Crippen LogP contribution in [0.3, 0.4) is 0 Å². The summed E-state index contributed by atoms with van der Waals surface area (Å²) in [5, 5.41) is 8.72. The maximum absolute atomic E-state index is 12.7. The fourth-order valence-electron chi connectivity index (χ4n) is 6.80. The first-order chi connectivity index (χ1) is 24.1. The second kappa shape index (κ2) is 14.1. The summed E-state index contributed by atoms with van der Waals surface area (Å²) in [5.74, 6) is 2.29. The molecule has 0 aliphatic carbocycles. The summed E-state index contributed by atoms with van der Waals surface area (Å²) in [6.45, 7) is 8.60. The first kappa shape index (κ1) is 34.1. The molecule has 2 aliphatic rings. The van der Waals surface area contributed by atoms with E-state index in [1.807, 2.05) is 11.4 Å². The number of hydrogen-bond donors (Lipinski definition) is 2. The Balaban J connectivity index is 1.18. The summed E-state index contributed by atoms with van der Waals surface area (Å²) in [4.78, 5) is 31.0. The molecule has 0 radical (unpaired) electrons. The zero-order valence-corrected chi connectivity index (χ0v) is 30.7. The number of hydrogen-bond acceptors (Lipinski definition) is 14. The molecule has 2 aliphatic heterocycles. The van der Waals surface area contributed by atoms with Gasteiger partial charge >= 0.3 is 0 Å². The van der Waals surface area contributed by atoms with E-state index in [-0.39, 0.29) is 0 Å². The second-order valence-electron chi connectivity index (χ2n) is 12.8. The number of piperazine rings is 1. The van der Waals surface area contributed by atoms with Gasteiger partial charge in [-0.05, 0) is 61.5 Å². The number of benzene rings is 1. The lowest BCUT2D eigenvalue weighted by Crippen LogP contribution is -2.52. The van der Waals surface area contributed by atoms with Gasteiger partial charge in [0.2, 0.25) is 21.9 Å². The number of methoxy groups -OCH3 is 1. The fraction of sp³-hybridized carbons (Fsp3) is 0.441. The molecule has 1 aromatic carbocycles. The number of anilines is 6. The van der Waals surface area contributed by atoms with Gasteiger partial charge in [0.1, 0.15) is 22.7 Å². The van der Waals surface area contributed by atoms with Crippen LogP contribution in [-0.2, 0) is 16.4 Å². The minimum atomic E-state index is -3.62. The van der Waals surface area contributed by atoms with Crippen molar-refractivity contribution in [1.29, 1.82) is 0 Å². The van der Waals surface area contributed by atoms with Crippen LogP contribution in [0.1, 0.15) is 25.3 Å². The number of likely N-dealkylation sites (N-methyl/N-ethyl adjacent to an activating group) is 1. The Morgan fingerprint density at radius 3 is 2.44 bits per heavy atom. The number of rotatable bonds is 10. The van der Waals surface area contributed by atoms with Crippen LogP contribution in [0.2, 0.25) is 0 Å². The molecule has 0 saturated carbocycles. The van der Waals surface area contributed by atoms with Crippen LogP contribution in [0, 0.1) is 0 Å². The molecule has 16 heteroatoms. The van der Waals surface area contributed by atoms with E-state index in [2.05, 4.69) is 55.3 Å². The van der Waals surface area contributed by atoms with Gasteiger partial charge in [0, 0.05) is 64.8 Å². The summed E-state index contributed by atoms with van der Waals surface area (Å²) in [5.41, 5.74) is 4.43. The molecular weight excluding hydrogens is 675 g/mol. The molecule has 2 N–H and O–H groups in total. The Bertz CT molecular complexity index is 2110. The molecule has 0 amide bonds. The highest BCUT2D eigenvalue weighted by Crippen LogP contribution is 2.39. The van der Waals surface area contributed by atoms with Crippen LogP contribution in [0.5, 0.6) is 5.88 Å². The van der Waals surface area contributed by atoms with Crippen molar-refractivity contribution in [1.82, 2.24) is 34.7 Å². The number of ether oxygens (including phenoxy) is 1. The number of nitrogens with one attached hydrogen (secondary N) is 2. The van der Waals surface area contributed by atoms with Crippen molar-refractivity contribution < 1.29 is 13.2 Å². The van der Waals surface area contributed by atoms with Gasteiger partial charge in [0.05, 0.1) is 34.8 Å². The maximum Gasteiger partial charge on any atom is 0.239 e. The highest BCUT2D eigenvalue weighted by Gasteiger charge is 2.29. The molecule has 5 aromatic rings. The summed E-state index contributed by atoms with van der Waals surface area (Å²) in [7, 11) is 1.70. The number of fused-ring (bicyclic) bond motifs is 2. The summed E-state index contributed by atoms with van der Waals surface area (Å²) in [6.07, 6.45) is 7.32. The molecule has 2 saturated heterocycles. The molecule has 50 heavy (non-hydrogen) atoms. The lowest BCUT2D eigenvalue weighted by atomic mass is 10.0. The number of nitrogens with zero attached hydrogens (tertiary/aromatic N) is 9. The van der Waals surface area contributed by atoms with Crippen LogP contribution in [-0.4, -0.2) is 116 Å². The topological polar surface area (TPSA) is 145 Å². The van der Waals surface area contributed by atoms with Gasteiger partial charge in [-0.15, -0.1) is 11.3 Å². The minimum Gasteiger partial charge on any atom is -0.479 e. The third kappa shape index (κ3) is 6.84. The minimum absolute atomic E-state index is 0.347. The van der Waals surface area contributed by atoms with Crippen molar-refractivity contribution in [3.8, 4) is 5.88 Å². The first-order valence-corrected chi connectivity index (χ1v) is 19.6. The zero-order chi connectivity index (χ0) is 35.0. The first-order valence-electron chi connectivity index (χ1n) is 16.8.